The summed E-state index contributed by atoms with van der Waals surface area (Å²) in [4.78, 5) is 20.9. The smallest absolute Gasteiger partial charge is 0.308 e. The number of rotatable bonds is 2. The van der Waals surface area contributed by atoms with Gasteiger partial charge in [0.05, 0.1) is 33.7 Å². The zero-order valence-electron chi connectivity index (χ0n) is 14.3. The van der Waals surface area contributed by atoms with E-state index in [1.807, 2.05) is 13.8 Å². The molecule has 1 heterocycles. The van der Waals surface area contributed by atoms with Crippen LogP contribution in [0.5, 0.6) is 0 Å². The number of nitrogens with one attached hydrogen (secondary N) is 2. The lowest BCUT2D eigenvalue weighted by molar-refractivity contribution is -0.136. The van der Waals surface area contributed by atoms with Gasteiger partial charge in [-0.05, 0) is 50.2 Å². The molecule has 2 amide bonds. The van der Waals surface area contributed by atoms with Crippen LogP contribution in [-0.2, 0) is 6.18 Å². The van der Waals surface area contributed by atoms with E-state index in [4.69, 9.17) is 11.6 Å². The first-order valence-electron chi connectivity index (χ1n) is 7.83. The SMILES string of the molecule is Cc1nc2ccc(NC(=O)Nc3ccc(Cl)cc3C(F)(F)F)cc2nc1C. The minimum atomic E-state index is -4.65. The summed E-state index contributed by atoms with van der Waals surface area (Å²) in [5.41, 5.74) is 1.72. The lowest BCUT2D eigenvalue weighted by Gasteiger charge is -2.15. The molecule has 0 bridgehead atoms. The highest BCUT2D eigenvalue weighted by atomic mass is 35.5. The molecule has 0 atom stereocenters. The first-order chi connectivity index (χ1) is 12.6. The fourth-order valence-electron chi connectivity index (χ4n) is 2.45. The molecule has 0 saturated heterocycles. The molecule has 0 saturated carbocycles. The quantitative estimate of drug-likeness (QED) is 0.597. The van der Waals surface area contributed by atoms with Crippen molar-refractivity contribution in [3.63, 3.8) is 0 Å². The number of nitrogens with zero attached hydrogens (tertiary/aromatic N) is 2. The van der Waals surface area contributed by atoms with E-state index in [0.29, 0.717) is 16.7 Å². The van der Waals surface area contributed by atoms with Gasteiger partial charge in [0.25, 0.3) is 0 Å². The summed E-state index contributed by atoms with van der Waals surface area (Å²) in [6.07, 6.45) is -4.65. The van der Waals surface area contributed by atoms with Crippen molar-refractivity contribution < 1.29 is 18.0 Å². The second-order valence-corrected chi connectivity index (χ2v) is 6.30. The normalized spacial score (nSPS) is 11.5. The third-order valence-electron chi connectivity index (χ3n) is 3.87. The predicted octanol–water partition coefficient (Wildman–Crippen LogP) is 5.56. The molecule has 27 heavy (non-hydrogen) atoms. The molecule has 1 aromatic heterocycles. The Balaban J connectivity index is 1.82. The van der Waals surface area contributed by atoms with E-state index in [1.54, 1.807) is 18.2 Å². The zero-order chi connectivity index (χ0) is 19.8. The number of amides is 2. The van der Waals surface area contributed by atoms with Crippen LogP contribution >= 0.6 is 11.6 Å². The van der Waals surface area contributed by atoms with E-state index in [0.717, 1.165) is 23.5 Å². The largest absolute Gasteiger partial charge is 0.418 e. The molecule has 5 nitrogen and oxygen atoms in total. The molecule has 2 aromatic carbocycles. The Bertz CT molecular complexity index is 1040. The number of fused-ring (bicyclic) bond motifs is 1. The summed E-state index contributed by atoms with van der Waals surface area (Å²) in [5, 5.41) is 4.61. The minimum absolute atomic E-state index is 0.0768. The number of alkyl halides is 3. The number of anilines is 2. The average Bonchev–Trinajstić information content (AvgIpc) is 2.57. The summed E-state index contributed by atoms with van der Waals surface area (Å²) < 4.78 is 39.3. The van der Waals surface area contributed by atoms with Crippen LogP contribution in [0.25, 0.3) is 11.0 Å². The van der Waals surface area contributed by atoms with Gasteiger partial charge in [-0.25, -0.2) is 14.8 Å². The van der Waals surface area contributed by atoms with Crippen LogP contribution in [-0.4, -0.2) is 16.0 Å². The molecule has 3 aromatic rings. The number of benzene rings is 2. The number of hydrogen-bond donors (Lipinski definition) is 2. The molecule has 0 radical (unpaired) electrons. The van der Waals surface area contributed by atoms with Crippen molar-refractivity contribution >= 4 is 40.0 Å². The zero-order valence-corrected chi connectivity index (χ0v) is 15.0. The van der Waals surface area contributed by atoms with Crippen molar-refractivity contribution in [2.45, 2.75) is 20.0 Å². The lowest BCUT2D eigenvalue weighted by atomic mass is 10.1. The van der Waals surface area contributed by atoms with Crippen LogP contribution < -0.4 is 10.6 Å². The van der Waals surface area contributed by atoms with Gasteiger partial charge in [0.1, 0.15) is 0 Å². The van der Waals surface area contributed by atoms with E-state index < -0.39 is 23.5 Å². The summed E-state index contributed by atoms with van der Waals surface area (Å²) in [6, 6.07) is 7.17. The summed E-state index contributed by atoms with van der Waals surface area (Å²) in [7, 11) is 0. The van der Waals surface area contributed by atoms with Crippen molar-refractivity contribution in [1.29, 1.82) is 0 Å². The van der Waals surface area contributed by atoms with E-state index >= 15 is 0 Å². The lowest BCUT2D eigenvalue weighted by Crippen LogP contribution is -2.21. The fourth-order valence-corrected chi connectivity index (χ4v) is 2.63. The molecule has 3 rings (SSSR count). The number of halogens is 4. The van der Waals surface area contributed by atoms with Gasteiger partial charge >= 0.3 is 12.2 Å². The van der Waals surface area contributed by atoms with Crippen LogP contribution in [0.1, 0.15) is 17.0 Å². The molecule has 0 aliphatic heterocycles. The highest BCUT2D eigenvalue weighted by Crippen LogP contribution is 2.36. The van der Waals surface area contributed by atoms with Crippen molar-refractivity contribution in [3.8, 4) is 0 Å². The van der Waals surface area contributed by atoms with Crippen molar-refractivity contribution in [2.24, 2.45) is 0 Å². The first kappa shape index (κ1) is 18.9. The molecular weight excluding hydrogens is 381 g/mol. The Morgan fingerprint density at radius 1 is 0.963 bits per heavy atom. The van der Waals surface area contributed by atoms with Crippen molar-refractivity contribution in [2.75, 3.05) is 10.6 Å². The molecule has 2 N–H and O–H groups in total. The molecule has 9 heteroatoms. The maximum absolute atomic E-state index is 13.1. The Labute approximate surface area is 157 Å². The molecule has 0 unspecified atom stereocenters. The van der Waals surface area contributed by atoms with E-state index in [1.165, 1.54) is 6.07 Å². The molecule has 0 fully saturated rings. The maximum atomic E-state index is 13.1. The van der Waals surface area contributed by atoms with E-state index in [2.05, 4.69) is 20.6 Å². The van der Waals surface area contributed by atoms with Gasteiger partial charge in [-0.1, -0.05) is 11.6 Å². The molecule has 0 aliphatic carbocycles. The topological polar surface area (TPSA) is 66.9 Å². The third-order valence-corrected chi connectivity index (χ3v) is 4.10. The van der Waals surface area contributed by atoms with Gasteiger partial charge in [0.15, 0.2) is 0 Å². The summed E-state index contributed by atoms with van der Waals surface area (Å²) >= 11 is 5.63. The van der Waals surface area contributed by atoms with Crippen LogP contribution in [0.4, 0.5) is 29.3 Å². The Hall–Kier alpha value is -2.87. The van der Waals surface area contributed by atoms with Crippen LogP contribution in [0.15, 0.2) is 36.4 Å². The average molecular weight is 395 g/mol. The van der Waals surface area contributed by atoms with Gasteiger partial charge in [-0.3, -0.25) is 0 Å². The molecule has 0 spiro atoms. The van der Waals surface area contributed by atoms with Crippen molar-refractivity contribution in [3.05, 3.63) is 58.4 Å². The van der Waals surface area contributed by atoms with Crippen LogP contribution in [0.2, 0.25) is 5.02 Å². The standard InChI is InChI=1S/C18H14ClF3N4O/c1-9-10(2)24-16-8-12(4-6-15(16)23-9)25-17(27)26-14-5-3-11(19)7-13(14)18(20,21)22/h3-8H,1-2H3,(H2,25,26,27). The minimum Gasteiger partial charge on any atom is -0.308 e. The van der Waals surface area contributed by atoms with E-state index in [-0.39, 0.29) is 5.02 Å². The van der Waals surface area contributed by atoms with Gasteiger partial charge < -0.3 is 10.6 Å². The Morgan fingerprint density at radius 2 is 1.63 bits per heavy atom. The number of carbonyl (C=O) groups excluding carboxylic acids is 1. The Morgan fingerprint density at radius 3 is 2.30 bits per heavy atom. The second kappa shape index (κ2) is 7.03. The number of carbonyl (C=O) groups is 1. The summed E-state index contributed by atoms with van der Waals surface area (Å²) in [5.74, 6) is 0. The number of aryl methyl sites for hydroxylation is 2. The predicted molar refractivity (Wildman–Crippen MR) is 98.1 cm³/mol. The van der Waals surface area contributed by atoms with Crippen molar-refractivity contribution in [1.82, 2.24) is 9.97 Å². The number of hydrogen-bond acceptors (Lipinski definition) is 3. The molecule has 140 valence electrons. The van der Waals surface area contributed by atoms with E-state index in [9.17, 15) is 18.0 Å². The fraction of sp³-hybridized carbons (Fsp3) is 0.167. The van der Waals surface area contributed by atoms with Gasteiger partial charge in [0, 0.05) is 10.7 Å². The Kier molecular flexibility index (Phi) is 4.93. The summed E-state index contributed by atoms with van der Waals surface area (Å²) in [6.45, 7) is 3.65. The van der Waals surface area contributed by atoms with Gasteiger partial charge in [0.2, 0.25) is 0 Å². The van der Waals surface area contributed by atoms with Gasteiger partial charge in [-0.15, -0.1) is 0 Å². The monoisotopic (exact) mass is 394 g/mol. The third kappa shape index (κ3) is 4.28. The maximum Gasteiger partial charge on any atom is 0.418 e. The van der Waals surface area contributed by atoms with Crippen LogP contribution in [0, 0.1) is 13.8 Å². The molecule has 0 aliphatic rings. The first-order valence-corrected chi connectivity index (χ1v) is 8.21. The second-order valence-electron chi connectivity index (χ2n) is 5.86. The number of urea groups is 1. The molecular formula is C18H14ClF3N4O. The highest BCUT2D eigenvalue weighted by molar-refractivity contribution is 6.30. The van der Waals surface area contributed by atoms with Crippen LogP contribution in [0.3, 0.4) is 0 Å². The number of aromatic nitrogens is 2. The highest BCUT2D eigenvalue weighted by Gasteiger charge is 2.34. The van der Waals surface area contributed by atoms with Gasteiger partial charge in [-0.2, -0.15) is 13.2 Å².